The van der Waals surface area contributed by atoms with Crippen LogP contribution in [-0.4, -0.2) is 12.2 Å². The van der Waals surface area contributed by atoms with Gasteiger partial charge in [0.05, 0.1) is 13.2 Å². The summed E-state index contributed by atoms with van der Waals surface area (Å²) in [6.07, 6.45) is -0.0962. The van der Waals surface area contributed by atoms with E-state index in [2.05, 4.69) is 22.0 Å². The fourth-order valence-electron chi connectivity index (χ4n) is 2.72. The molecule has 3 nitrogen and oxygen atoms in total. The van der Waals surface area contributed by atoms with Crippen LogP contribution in [0.4, 0.5) is 0 Å². The molecule has 0 fully saturated rings. The van der Waals surface area contributed by atoms with E-state index in [0.717, 1.165) is 32.7 Å². The maximum absolute atomic E-state index is 10.3. The first-order chi connectivity index (χ1) is 10.1. The highest BCUT2D eigenvalue weighted by atomic mass is 79.9. The van der Waals surface area contributed by atoms with Gasteiger partial charge in [-0.25, -0.2) is 0 Å². The van der Waals surface area contributed by atoms with Crippen molar-refractivity contribution >= 4 is 15.9 Å². The number of fused-ring (bicyclic) bond motifs is 1. The van der Waals surface area contributed by atoms with E-state index in [1.807, 2.05) is 37.3 Å². The van der Waals surface area contributed by atoms with Crippen LogP contribution in [0.15, 0.2) is 40.9 Å². The van der Waals surface area contributed by atoms with E-state index in [4.69, 9.17) is 9.47 Å². The minimum Gasteiger partial charge on any atom is -0.496 e. The smallest absolute Gasteiger partial charge is 0.127 e. The topological polar surface area (TPSA) is 38.7 Å². The van der Waals surface area contributed by atoms with Crippen molar-refractivity contribution in [3.63, 3.8) is 0 Å². The van der Waals surface area contributed by atoms with Crippen LogP contribution in [0.2, 0.25) is 0 Å². The maximum Gasteiger partial charge on any atom is 0.127 e. The van der Waals surface area contributed by atoms with Gasteiger partial charge in [0.2, 0.25) is 0 Å². The van der Waals surface area contributed by atoms with Gasteiger partial charge in [-0.3, -0.25) is 0 Å². The lowest BCUT2D eigenvalue weighted by molar-refractivity contribution is 0.0656. The number of halogens is 1. The van der Waals surface area contributed by atoms with Crippen molar-refractivity contribution in [2.45, 2.75) is 25.6 Å². The Morgan fingerprint density at radius 1 is 1.24 bits per heavy atom. The van der Waals surface area contributed by atoms with Crippen LogP contribution in [0.25, 0.3) is 0 Å². The van der Waals surface area contributed by atoms with Crippen LogP contribution in [-0.2, 0) is 0 Å². The molecule has 0 radical (unpaired) electrons. The molecule has 0 aliphatic carbocycles. The first kappa shape index (κ1) is 14.4. The van der Waals surface area contributed by atoms with E-state index in [1.54, 1.807) is 7.11 Å². The first-order valence-electron chi connectivity index (χ1n) is 6.87. The Bertz CT molecular complexity index is 669. The highest BCUT2D eigenvalue weighted by Gasteiger charge is 2.28. The number of hydrogen-bond donors (Lipinski definition) is 1. The van der Waals surface area contributed by atoms with E-state index < -0.39 is 6.10 Å². The van der Waals surface area contributed by atoms with E-state index >= 15 is 0 Å². The third-order valence-electron chi connectivity index (χ3n) is 3.83. The number of aliphatic hydroxyl groups excluding tert-OH is 1. The molecular formula is C17H17BrO3. The predicted octanol–water partition coefficient (Wildman–Crippen LogP) is 4.32. The van der Waals surface area contributed by atoms with Crippen molar-refractivity contribution in [3.05, 3.63) is 57.6 Å². The van der Waals surface area contributed by atoms with Crippen LogP contribution < -0.4 is 9.47 Å². The molecule has 0 amide bonds. The molecule has 1 aliphatic heterocycles. The summed E-state index contributed by atoms with van der Waals surface area (Å²) in [5.41, 5.74) is 2.96. The largest absolute Gasteiger partial charge is 0.496 e. The predicted molar refractivity (Wildman–Crippen MR) is 84.8 cm³/mol. The first-order valence-corrected chi connectivity index (χ1v) is 7.66. The van der Waals surface area contributed by atoms with Crippen molar-refractivity contribution in [3.8, 4) is 11.5 Å². The molecule has 2 atom stereocenters. The number of aliphatic hydroxyl groups is 1. The molecule has 0 aromatic heterocycles. The van der Waals surface area contributed by atoms with E-state index in [0.29, 0.717) is 6.42 Å². The monoisotopic (exact) mass is 348 g/mol. The molecular weight excluding hydrogens is 332 g/mol. The summed E-state index contributed by atoms with van der Waals surface area (Å²) in [5.74, 6) is 1.60. The number of methoxy groups -OCH3 is 1. The fourth-order valence-corrected chi connectivity index (χ4v) is 3.06. The molecule has 2 aromatic rings. The maximum atomic E-state index is 10.3. The minimum atomic E-state index is -0.505. The van der Waals surface area contributed by atoms with Gasteiger partial charge in [0, 0.05) is 16.5 Å². The number of hydrogen-bond acceptors (Lipinski definition) is 3. The Kier molecular flexibility index (Phi) is 3.91. The zero-order chi connectivity index (χ0) is 15.0. The fraction of sp³-hybridized carbons (Fsp3) is 0.294. The summed E-state index contributed by atoms with van der Waals surface area (Å²) in [6, 6.07) is 11.7. The number of rotatable bonds is 2. The molecule has 1 aliphatic rings. The van der Waals surface area contributed by atoms with Crippen LogP contribution >= 0.6 is 15.9 Å². The number of benzene rings is 2. The van der Waals surface area contributed by atoms with Gasteiger partial charge in [0.25, 0.3) is 0 Å². The Morgan fingerprint density at radius 2 is 2.05 bits per heavy atom. The quantitative estimate of drug-likeness (QED) is 0.877. The summed E-state index contributed by atoms with van der Waals surface area (Å²) in [5, 5.41) is 10.3. The second kappa shape index (κ2) is 5.70. The Labute approximate surface area is 132 Å². The average Bonchev–Trinajstić information content (AvgIpc) is 2.46. The van der Waals surface area contributed by atoms with Crippen molar-refractivity contribution in [1.82, 2.24) is 0 Å². The summed E-state index contributed by atoms with van der Waals surface area (Å²) < 4.78 is 12.3. The van der Waals surface area contributed by atoms with E-state index in [-0.39, 0.29) is 6.10 Å². The van der Waals surface area contributed by atoms with E-state index in [1.165, 1.54) is 0 Å². The summed E-state index contributed by atoms with van der Waals surface area (Å²) in [4.78, 5) is 0. The third kappa shape index (κ3) is 2.78. The number of aryl methyl sites for hydroxylation is 1. The van der Waals surface area contributed by atoms with Gasteiger partial charge >= 0.3 is 0 Å². The van der Waals surface area contributed by atoms with Gasteiger partial charge in [-0.2, -0.15) is 0 Å². The molecule has 1 N–H and O–H groups in total. The van der Waals surface area contributed by atoms with Gasteiger partial charge in [0.1, 0.15) is 17.6 Å². The average molecular weight is 349 g/mol. The molecule has 110 valence electrons. The van der Waals surface area contributed by atoms with Crippen LogP contribution in [0.3, 0.4) is 0 Å². The lowest BCUT2D eigenvalue weighted by atomic mass is 9.94. The van der Waals surface area contributed by atoms with Crippen molar-refractivity contribution in [2.24, 2.45) is 0 Å². The van der Waals surface area contributed by atoms with E-state index in [9.17, 15) is 5.11 Å². The zero-order valence-electron chi connectivity index (χ0n) is 12.0. The van der Waals surface area contributed by atoms with Crippen LogP contribution in [0.1, 0.15) is 35.3 Å². The molecule has 1 unspecified atom stereocenters. The van der Waals surface area contributed by atoms with Crippen LogP contribution in [0.5, 0.6) is 11.5 Å². The van der Waals surface area contributed by atoms with Gasteiger partial charge in [-0.05, 0) is 42.3 Å². The van der Waals surface area contributed by atoms with Crippen LogP contribution in [0, 0.1) is 6.92 Å². The van der Waals surface area contributed by atoms with Gasteiger partial charge in [0.15, 0.2) is 0 Å². The summed E-state index contributed by atoms with van der Waals surface area (Å²) in [6.45, 7) is 2.01. The molecule has 0 saturated carbocycles. The highest BCUT2D eigenvalue weighted by molar-refractivity contribution is 9.10. The zero-order valence-corrected chi connectivity index (χ0v) is 13.6. The number of ether oxygens (including phenoxy) is 2. The second-order valence-corrected chi connectivity index (χ2v) is 6.18. The highest BCUT2D eigenvalue weighted by Crippen LogP contribution is 2.42. The van der Waals surface area contributed by atoms with Gasteiger partial charge in [-0.15, -0.1) is 0 Å². The third-order valence-corrected chi connectivity index (χ3v) is 4.33. The molecule has 3 rings (SSSR count). The standard InChI is InChI=1S/C17H17BrO3/c1-10-7-11(3-6-15(10)20-2)16-9-14(19)13-5-4-12(18)8-17(13)21-16/h3-8,14,16,19H,9H2,1-2H3/t14-,16?/m0/s1. The minimum absolute atomic E-state index is 0.147. The van der Waals surface area contributed by atoms with Crippen molar-refractivity contribution < 1.29 is 14.6 Å². The van der Waals surface area contributed by atoms with Crippen molar-refractivity contribution in [2.75, 3.05) is 7.11 Å². The molecule has 0 saturated heterocycles. The summed E-state index contributed by atoms with van der Waals surface area (Å²) >= 11 is 3.44. The Balaban J connectivity index is 1.93. The Morgan fingerprint density at radius 3 is 2.76 bits per heavy atom. The molecule has 21 heavy (non-hydrogen) atoms. The molecule has 4 heteroatoms. The van der Waals surface area contributed by atoms with Crippen molar-refractivity contribution in [1.29, 1.82) is 0 Å². The molecule has 0 bridgehead atoms. The Hall–Kier alpha value is -1.52. The SMILES string of the molecule is COc1ccc(C2C[C@H](O)c3ccc(Br)cc3O2)cc1C. The molecule has 0 spiro atoms. The molecule has 1 heterocycles. The lowest BCUT2D eigenvalue weighted by Crippen LogP contribution is -2.19. The second-order valence-electron chi connectivity index (χ2n) is 5.27. The van der Waals surface area contributed by atoms with Gasteiger partial charge < -0.3 is 14.6 Å². The molecule has 2 aromatic carbocycles. The normalized spacial score (nSPS) is 20.6. The summed E-state index contributed by atoms with van der Waals surface area (Å²) in [7, 11) is 1.66. The lowest BCUT2D eigenvalue weighted by Gasteiger charge is -2.30. The van der Waals surface area contributed by atoms with Gasteiger partial charge in [-0.1, -0.05) is 28.1 Å².